The zero-order valence-corrected chi connectivity index (χ0v) is 11.0. The molecule has 0 saturated carbocycles. The Morgan fingerprint density at radius 2 is 2.12 bits per heavy atom. The van der Waals surface area contributed by atoms with Crippen LogP contribution in [0.3, 0.4) is 0 Å². The van der Waals surface area contributed by atoms with Crippen molar-refractivity contribution < 1.29 is 9.53 Å². The lowest BCUT2D eigenvalue weighted by Crippen LogP contribution is -2.13. The first kappa shape index (κ1) is 12.9. The lowest BCUT2D eigenvalue weighted by atomic mass is 10.1. The van der Waals surface area contributed by atoms with Crippen molar-refractivity contribution in [2.24, 2.45) is 5.92 Å². The number of ether oxygens (including phenoxy) is 1. The van der Waals surface area contributed by atoms with Crippen molar-refractivity contribution >= 4 is 27.7 Å². The molecular formula is C10H14BrN3O2. The topological polar surface area (TPSA) is 78.1 Å². The molecule has 0 aliphatic rings. The molecule has 1 heterocycles. The molecule has 0 fully saturated rings. The van der Waals surface area contributed by atoms with Crippen LogP contribution in [0.15, 0.2) is 4.47 Å². The van der Waals surface area contributed by atoms with Crippen LogP contribution in [-0.4, -0.2) is 23.0 Å². The normalized spacial score (nSPS) is 10.6. The van der Waals surface area contributed by atoms with Crippen molar-refractivity contribution in [2.45, 2.75) is 20.3 Å². The molecule has 0 radical (unpaired) electrons. The van der Waals surface area contributed by atoms with Gasteiger partial charge in [-0.1, -0.05) is 13.8 Å². The number of esters is 1. The summed E-state index contributed by atoms with van der Waals surface area (Å²) in [6.45, 7) is 4.12. The van der Waals surface area contributed by atoms with Gasteiger partial charge in [0.2, 0.25) is 5.82 Å². The molecule has 6 heteroatoms. The molecule has 0 atom stereocenters. The number of nitrogen functional groups attached to an aromatic ring is 1. The van der Waals surface area contributed by atoms with Gasteiger partial charge in [0.1, 0.15) is 5.82 Å². The minimum Gasteiger partial charge on any atom is -0.463 e. The van der Waals surface area contributed by atoms with Gasteiger partial charge in [-0.25, -0.2) is 14.8 Å². The Morgan fingerprint density at radius 3 is 2.62 bits per heavy atom. The third-order valence-corrected chi connectivity index (χ3v) is 2.78. The van der Waals surface area contributed by atoms with E-state index >= 15 is 0 Å². The van der Waals surface area contributed by atoms with E-state index in [0.717, 1.165) is 12.1 Å². The van der Waals surface area contributed by atoms with Gasteiger partial charge in [0.25, 0.3) is 0 Å². The Kier molecular flexibility index (Phi) is 4.23. The summed E-state index contributed by atoms with van der Waals surface area (Å²) in [5.74, 6) is 0.0882. The number of carbonyl (C=O) groups is 1. The number of halogens is 1. The van der Waals surface area contributed by atoms with E-state index in [1.807, 2.05) is 0 Å². The van der Waals surface area contributed by atoms with Gasteiger partial charge in [-0.15, -0.1) is 0 Å². The van der Waals surface area contributed by atoms with E-state index in [0.29, 0.717) is 10.4 Å². The summed E-state index contributed by atoms with van der Waals surface area (Å²) in [7, 11) is 1.28. The molecule has 0 aliphatic heterocycles. The molecule has 0 unspecified atom stereocenters. The molecule has 2 N–H and O–H groups in total. The summed E-state index contributed by atoms with van der Waals surface area (Å²) in [6, 6.07) is 0. The molecule has 0 bridgehead atoms. The lowest BCUT2D eigenvalue weighted by Gasteiger charge is -2.09. The standard InChI is InChI=1S/C10H14BrN3O2/c1-5(2)4-6-7(11)8(12)14-9(13-6)10(15)16-3/h5H,4H2,1-3H3,(H2,12,13,14). The Morgan fingerprint density at radius 1 is 1.50 bits per heavy atom. The van der Waals surface area contributed by atoms with Crippen LogP contribution in [0.1, 0.15) is 30.2 Å². The molecule has 1 rings (SSSR count). The van der Waals surface area contributed by atoms with Crippen LogP contribution in [0.25, 0.3) is 0 Å². The monoisotopic (exact) mass is 287 g/mol. The van der Waals surface area contributed by atoms with E-state index < -0.39 is 5.97 Å². The van der Waals surface area contributed by atoms with Gasteiger partial charge in [0.05, 0.1) is 17.3 Å². The number of carbonyl (C=O) groups excluding carboxylic acids is 1. The van der Waals surface area contributed by atoms with Gasteiger partial charge in [-0.05, 0) is 28.3 Å². The summed E-state index contributed by atoms with van der Waals surface area (Å²) in [5, 5.41) is 0. The van der Waals surface area contributed by atoms with E-state index in [1.54, 1.807) is 0 Å². The number of anilines is 1. The molecule has 5 nitrogen and oxygen atoms in total. The molecule has 0 saturated heterocycles. The first-order valence-corrected chi connectivity index (χ1v) is 5.65. The predicted octanol–water partition coefficient (Wildman–Crippen LogP) is 1.81. The van der Waals surface area contributed by atoms with E-state index in [2.05, 4.69) is 44.5 Å². The molecule has 1 aromatic heterocycles. The number of nitrogens with two attached hydrogens (primary N) is 1. The first-order chi connectivity index (χ1) is 7.45. The minimum absolute atomic E-state index is 0.00106. The first-order valence-electron chi connectivity index (χ1n) is 4.86. The van der Waals surface area contributed by atoms with Crippen molar-refractivity contribution in [3.8, 4) is 0 Å². The van der Waals surface area contributed by atoms with Crippen LogP contribution >= 0.6 is 15.9 Å². The van der Waals surface area contributed by atoms with Gasteiger partial charge in [-0.2, -0.15) is 0 Å². The quantitative estimate of drug-likeness (QED) is 0.858. The predicted molar refractivity (Wildman–Crippen MR) is 64.0 cm³/mol. The third-order valence-electron chi connectivity index (χ3n) is 1.92. The van der Waals surface area contributed by atoms with Crippen molar-refractivity contribution in [1.82, 2.24) is 9.97 Å². The number of hydrogen-bond donors (Lipinski definition) is 1. The largest absolute Gasteiger partial charge is 0.463 e. The van der Waals surface area contributed by atoms with E-state index in [-0.39, 0.29) is 11.6 Å². The highest BCUT2D eigenvalue weighted by atomic mass is 79.9. The fourth-order valence-corrected chi connectivity index (χ4v) is 1.56. The maximum atomic E-state index is 11.3. The van der Waals surface area contributed by atoms with Crippen molar-refractivity contribution in [3.63, 3.8) is 0 Å². The van der Waals surface area contributed by atoms with E-state index in [9.17, 15) is 4.79 Å². The summed E-state index contributed by atoms with van der Waals surface area (Å²) in [6.07, 6.45) is 0.720. The molecule has 16 heavy (non-hydrogen) atoms. The van der Waals surface area contributed by atoms with Crippen molar-refractivity contribution in [3.05, 3.63) is 16.0 Å². The zero-order valence-electron chi connectivity index (χ0n) is 9.45. The molecular weight excluding hydrogens is 274 g/mol. The minimum atomic E-state index is -0.579. The van der Waals surface area contributed by atoms with Gasteiger partial charge in [0, 0.05) is 0 Å². The average Bonchev–Trinajstić information content (AvgIpc) is 2.22. The highest BCUT2D eigenvalue weighted by Crippen LogP contribution is 2.23. The summed E-state index contributed by atoms with van der Waals surface area (Å²) in [4.78, 5) is 19.3. The van der Waals surface area contributed by atoms with Crippen LogP contribution in [0.4, 0.5) is 5.82 Å². The molecule has 0 amide bonds. The maximum absolute atomic E-state index is 11.3. The molecule has 1 aromatic rings. The fourth-order valence-electron chi connectivity index (χ4n) is 1.22. The highest BCUT2D eigenvalue weighted by molar-refractivity contribution is 9.10. The van der Waals surface area contributed by atoms with Crippen molar-refractivity contribution in [2.75, 3.05) is 12.8 Å². The van der Waals surface area contributed by atoms with Gasteiger partial charge in [0.15, 0.2) is 0 Å². The number of hydrogen-bond acceptors (Lipinski definition) is 5. The van der Waals surface area contributed by atoms with Gasteiger partial charge in [-0.3, -0.25) is 0 Å². The maximum Gasteiger partial charge on any atom is 0.376 e. The second kappa shape index (κ2) is 5.25. The zero-order chi connectivity index (χ0) is 12.3. The summed E-state index contributed by atoms with van der Waals surface area (Å²) >= 11 is 3.31. The van der Waals surface area contributed by atoms with Crippen LogP contribution in [0, 0.1) is 5.92 Å². The second-order valence-corrected chi connectivity index (χ2v) is 4.58. The smallest absolute Gasteiger partial charge is 0.376 e. The number of aromatic nitrogens is 2. The van der Waals surface area contributed by atoms with Crippen LogP contribution in [0.5, 0.6) is 0 Å². The Hall–Kier alpha value is -1.17. The summed E-state index contributed by atoms with van der Waals surface area (Å²) in [5.41, 5.74) is 6.41. The second-order valence-electron chi connectivity index (χ2n) is 3.78. The lowest BCUT2D eigenvalue weighted by molar-refractivity contribution is 0.0586. The Balaban J connectivity index is 3.16. The highest BCUT2D eigenvalue weighted by Gasteiger charge is 2.16. The Labute approximate surface area is 103 Å². The average molecular weight is 288 g/mol. The molecule has 0 aromatic carbocycles. The molecule has 88 valence electrons. The Bertz CT molecular complexity index is 407. The van der Waals surface area contributed by atoms with E-state index in [1.165, 1.54) is 7.11 Å². The van der Waals surface area contributed by atoms with Crippen LogP contribution in [-0.2, 0) is 11.2 Å². The van der Waals surface area contributed by atoms with Gasteiger partial charge >= 0.3 is 5.97 Å². The number of methoxy groups -OCH3 is 1. The SMILES string of the molecule is COC(=O)c1nc(N)c(Br)c(CC(C)C)n1. The van der Waals surface area contributed by atoms with E-state index in [4.69, 9.17) is 5.73 Å². The fraction of sp³-hybridized carbons (Fsp3) is 0.500. The van der Waals surface area contributed by atoms with Crippen molar-refractivity contribution in [1.29, 1.82) is 0 Å². The van der Waals surface area contributed by atoms with Crippen LogP contribution < -0.4 is 5.73 Å². The number of rotatable bonds is 3. The third kappa shape index (κ3) is 2.91. The van der Waals surface area contributed by atoms with Gasteiger partial charge < -0.3 is 10.5 Å². The molecule has 0 spiro atoms. The number of nitrogens with zero attached hydrogens (tertiary/aromatic N) is 2. The van der Waals surface area contributed by atoms with Crippen LogP contribution in [0.2, 0.25) is 0 Å². The summed E-state index contributed by atoms with van der Waals surface area (Å²) < 4.78 is 5.20. The molecule has 0 aliphatic carbocycles.